The van der Waals surface area contributed by atoms with Gasteiger partial charge in [-0.15, -0.1) is 6.58 Å². The van der Waals surface area contributed by atoms with Crippen molar-refractivity contribution in [2.45, 2.75) is 37.8 Å². The van der Waals surface area contributed by atoms with E-state index in [1.165, 1.54) is 13.3 Å². The summed E-state index contributed by atoms with van der Waals surface area (Å²) in [6.45, 7) is 7.11. The van der Waals surface area contributed by atoms with E-state index in [-0.39, 0.29) is 23.4 Å². The van der Waals surface area contributed by atoms with Crippen LogP contribution in [-0.2, 0) is 4.74 Å². The Hall–Kier alpha value is -2.61. The number of aromatic carboxylic acids is 1. The van der Waals surface area contributed by atoms with Crippen molar-refractivity contribution < 1.29 is 24.2 Å². The Kier molecular flexibility index (Phi) is 5.10. The summed E-state index contributed by atoms with van der Waals surface area (Å²) < 4.78 is 12.6. The normalized spacial score (nSPS) is 24.1. The minimum absolute atomic E-state index is 0.104. The molecule has 2 atom stereocenters. The Labute approximate surface area is 157 Å². The van der Waals surface area contributed by atoms with E-state index in [1.54, 1.807) is 15.5 Å². The third-order valence-electron chi connectivity index (χ3n) is 5.40. The maximum Gasteiger partial charge on any atom is 0.341 e. The van der Waals surface area contributed by atoms with Gasteiger partial charge in [0.1, 0.15) is 5.56 Å². The number of aromatic nitrogens is 1. The minimum atomic E-state index is -1.35. The lowest BCUT2D eigenvalue weighted by Gasteiger charge is -2.54. The average Bonchev–Trinajstić information content (AvgIpc) is 2.65. The molecule has 0 bridgehead atoms. The van der Waals surface area contributed by atoms with Crippen LogP contribution in [0.1, 0.15) is 53.1 Å². The minimum Gasteiger partial charge on any atom is -0.491 e. The average molecular weight is 376 g/mol. The molecule has 1 saturated heterocycles. The number of ether oxygens (including phenoxy) is 2. The van der Waals surface area contributed by atoms with E-state index in [1.807, 2.05) is 6.92 Å². The molecule has 8 heteroatoms. The highest BCUT2D eigenvalue weighted by molar-refractivity contribution is 5.98. The first-order chi connectivity index (χ1) is 12.9. The molecule has 2 aliphatic rings. The van der Waals surface area contributed by atoms with E-state index in [2.05, 4.69) is 6.58 Å². The topological polar surface area (TPSA) is 98.1 Å². The number of amides is 1. The zero-order valence-electron chi connectivity index (χ0n) is 15.6. The van der Waals surface area contributed by atoms with Crippen LogP contribution in [0.25, 0.3) is 0 Å². The van der Waals surface area contributed by atoms with E-state index in [0.29, 0.717) is 32.6 Å². The molecule has 1 unspecified atom stereocenters. The molecule has 146 valence electrons. The lowest BCUT2D eigenvalue weighted by molar-refractivity contribution is -0.0780. The summed E-state index contributed by atoms with van der Waals surface area (Å²) >= 11 is 0. The van der Waals surface area contributed by atoms with Crippen molar-refractivity contribution in [3.8, 4) is 5.75 Å². The van der Waals surface area contributed by atoms with Gasteiger partial charge in [-0.25, -0.2) is 4.79 Å². The second kappa shape index (κ2) is 7.19. The molecule has 1 fully saturated rings. The van der Waals surface area contributed by atoms with Crippen LogP contribution in [0.2, 0.25) is 0 Å². The van der Waals surface area contributed by atoms with Gasteiger partial charge in [0.2, 0.25) is 5.43 Å². The van der Waals surface area contributed by atoms with E-state index < -0.39 is 22.5 Å². The smallest absolute Gasteiger partial charge is 0.341 e. The highest BCUT2D eigenvalue weighted by Crippen LogP contribution is 2.45. The van der Waals surface area contributed by atoms with Crippen LogP contribution in [-0.4, -0.2) is 58.9 Å². The van der Waals surface area contributed by atoms with Crippen molar-refractivity contribution in [2.75, 3.05) is 26.9 Å². The molecule has 0 saturated carbocycles. The van der Waals surface area contributed by atoms with Gasteiger partial charge in [-0.2, -0.15) is 0 Å². The Morgan fingerprint density at radius 2 is 2.26 bits per heavy atom. The van der Waals surface area contributed by atoms with Gasteiger partial charge in [0.05, 0.1) is 25.3 Å². The third kappa shape index (κ3) is 2.75. The molecule has 1 aromatic heterocycles. The number of hydrogen-bond donors (Lipinski definition) is 1. The maximum absolute atomic E-state index is 13.4. The Morgan fingerprint density at radius 3 is 2.85 bits per heavy atom. The number of rotatable bonds is 6. The number of carboxylic acids is 1. The fraction of sp³-hybridized carbons (Fsp3) is 0.526. The molecule has 1 N–H and O–H groups in total. The molecule has 0 radical (unpaired) electrons. The fourth-order valence-corrected chi connectivity index (χ4v) is 4.30. The molecule has 0 spiro atoms. The van der Waals surface area contributed by atoms with Crippen molar-refractivity contribution in [1.82, 2.24) is 9.47 Å². The number of fused-ring (bicyclic) bond motifs is 3. The fourth-order valence-electron chi connectivity index (χ4n) is 4.30. The van der Waals surface area contributed by atoms with Gasteiger partial charge < -0.3 is 24.0 Å². The van der Waals surface area contributed by atoms with Gasteiger partial charge in [-0.3, -0.25) is 9.59 Å². The van der Waals surface area contributed by atoms with Gasteiger partial charge in [-0.05, 0) is 19.3 Å². The molecule has 27 heavy (non-hydrogen) atoms. The lowest BCUT2D eigenvalue weighted by Crippen LogP contribution is -2.65. The summed E-state index contributed by atoms with van der Waals surface area (Å²) in [6, 6.07) is -0.240. The number of carboxylic acid groups (broad SMARTS) is 1. The molecular formula is C19H24N2O6. The van der Waals surface area contributed by atoms with Crippen LogP contribution in [0.15, 0.2) is 23.6 Å². The molecule has 8 nitrogen and oxygen atoms in total. The summed E-state index contributed by atoms with van der Waals surface area (Å²) in [5, 5.41) is 9.45. The molecule has 3 heterocycles. The largest absolute Gasteiger partial charge is 0.491 e. The van der Waals surface area contributed by atoms with E-state index in [0.717, 1.165) is 6.42 Å². The van der Waals surface area contributed by atoms with Gasteiger partial charge in [-0.1, -0.05) is 13.0 Å². The zero-order valence-corrected chi connectivity index (χ0v) is 15.6. The third-order valence-corrected chi connectivity index (χ3v) is 5.40. The van der Waals surface area contributed by atoms with Gasteiger partial charge in [0, 0.05) is 19.3 Å². The van der Waals surface area contributed by atoms with Crippen molar-refractivity contribution in [3.05, 3.63) is 40.3 Å². The van der Waals surface area contributed by atoms with Crippen molar-refractivity contribution in [1.29, 1.82) is 0 Å². The van der Waals surface area contributed by atoms with Gasteiger partial charge in [0.25, 0.3) is 5.91 Å². The Balaban J connectivity index is 2.35. The molecule has 1 amide bonds. The monoisotopic (exact) mass is 376 g/mol. The number of methoxy groups -OCH3 is 1. The van der Waals surface area contributed by atoms with Crippen molar-refractivity contribution in [3.63, 3.8) is 0 Å². The SMILES string of the molecule is C=CC[C@@]12COCCC1n1cc(C(=O)O)c(=O)c(OC)c1C(=O)N2CCC. The van der Waals surface area contributed by atoms with Crippen LogP contribution < -0.4 is 10.2 Å². The molecule has 0 aliphatic carbocycles. The first-order valence-corrected chi connectivity index (χ1v) is 9.00. The number of nitrogens with zero attached hydrogens (tertiary/aromatic N) is 2. The van der Waals surface area contributed by atoms with Crippen molar-refractivity contribution >= 4 is 11.9 Å². The van der Waals surface area contributed by atoms with E-state index in [9.17, 15) is 19.5 Å². The number of carbonyl (C=O) groups excluding carboxylic acids is 1. The molecular weight excluding hydrogens is 352 g/mol. The van der Waals surface area contributed by atoms with Crippen LogP contribution in [0.4, 0.5) is 0 Å². The molecule has 3 rings (SSSR count). The molecule has 0 aromatic carbocycles. The second-order valence-electron chi connectivity index (χ2n) is 6.88. The highest BCUT2D eigenvalue weighted by atomic mass is 16.5. The number of carbonyl (C=O) groups is 2. The van der Waals surface area contributed by atoms with Gasteiger partial charge >= 0.3 is 5.97 Å². The quantitative estimate of drug-likeness (QED) is 0.759. The first kappa shape index (κ1) is 19.2. The summed E-state index contributed by atoms with van der Waals surface area (Å²) in [5.41, 5.74) is -1.76. The van der Waals surface area contributed by atoms with Gasteiger partial charge in [0.15, 0.2) is 11.4 Å². The second-order valence-corrected chi connectivity index (χ2v) is 6.88. The van der Waals surface area contributed by atoms with Crippen LogP contribution in [0.5, 0.6) is 5.75 Å². The van der Waals surface area contributed by atoms with E-state index >= 15 is 0 Å². The molecule has 2 aliphatic heterocycles. The first-order valence-electron chi connectivity index (χ1n) is 9.00. The van der Waals surface area contributed by atoms with Crippen molar-refractivity contribution in [2.24, 2.45) is 0 Å². The summed E-state index contributed by atoms with van der Waals surface area (Å²) in [4.78, 5) is 39.3. The Morgan fingerprint density at radius 1 is 1.52 bits per heavy atom. The van der Waals surface area contributed by atoms with E-state index in [4.69, 9.17) is 9.47 Å². The molecule has 1 aromatic rings. The van der Waals surface area contributed by atoms with Crippen LogP contribution >= 0.6 is 0 Å². The Bertz CT molecular complexity index is 845. The summed E-state index contributed by atoms with van der Waals surface area (Å²) in [5.74, 6) is -1.93. The maximum atomic E-state index is 13.4. The van der Waals surface area contributed by atoms with Crippen LogP contribution in [0, 0.1) is 0 Å². The number of pyridine rings is 1. The predicted octanol–water partition coefficient (Wildman–Crippen LogP) is 1.70. The summed E-state index contributed by atoms with van der Waals surface area (Å²) in [7, 11) is 1.27. The van der Waals surface area contributed by atoms with Crippen LogP contribution in [0.3, 0.4) is 0 Å². The number of hydrogen-bond acceptors (Lipinski definition) is 5. The summed E-state index contributed by atoms with van der Waals surface area (Å²) in [6.07, 6.45) is 4.84. The standard InChI is InChI=1S/C19H24N2O6/c1-4-7-19-11-27-9-6-13(19)20-10-12(18(24)25)15(22)16(26-3)14(20)17(23)21(19)8-5-2/h4,10,13H,1,5-9,11H2,2-3H3,(H,24,25)/t13?,19-/m1/s1. The predicted molar refractivity (Wildman–Crippen MR) is 97.6 cm³/mol. The highest BCUT2D eigenvalue weighted by Gasteiger charge is 2.53. The lowest BCUT2D eigenvalue weighted by atomic mass is 9.79. The zero-order chi connectivity index (χ0) is 19.8.